The standard InChI is InChI=1S/C23H23ClN2O6S/c1-30-20-13-22(32-3)21(31-2)12-16(20)14-25-23(27)15-4-10-19(11-5-15)33(28,29)26-18-8-6-17(24)7-9-18/h4-13,26H,14H2,1-3H3,(H,25,27). The van der Waals surface area contributed by atoms with Crippen molar-refractivity contribution in [3.63, 3.8) is 0 Å². The Kier molecular flexibility index (Phi) is 7.67. The fourth-order valence-corrected chi connectivity index (χ4v) is 4.21. The largest absolute Gasteiger partial charge is 0.496 e. The SMILES string of the molecule is COc1cc(OC)c(OC)cc1CNC(=O)c1ccc(S(=O)(=O)Nc2ccc(Cl)cc2)cc1. The van der Waals surface area contributed by atoms with E-state index in [9.17, 15) is 13.2 Å². The van der Waals surface area contributed by atoms with Gasteiger partial charge in [0.05, 0.1) is 26.2 Å². The average molecular weight is 491 g/mol. The van der Waals surface area contributed by atoms with Crippen LogP contribution in [0.4, 0.5) is 5.69 Å². The zero-order valence-corrected chi connectivity index (χ0v) is 19.8. The van der Waals surface area contributed by atoms with Gasteiger partial charge in [-0.05, 0) is 54.6 Å². The molecule has 0 unspecified atom stereocenters. The average Bonchev–Trinajstić information content (AvgIpc) is 2.83. The minimum absolute atomic E-state index is 0.0237. The van der Waals surface area contributed by atoms with E-state index in [2.05, 4.69) is 10.0 Å². The summed E-state index contributed by atoms with van der Waals surface area (Å²) in [4.78, 5) is 12.6. The number of hydrogen-bond acceptors (Lipinski definition) is 6. The molecule has 0 bridgehead atoms. The summed E-state index contributed by atoms with van der Waals surface area (Å²) in [7, 11) is 0.743. The number of nitrogens with one attached hydrogen (secondary N) is 2. The maximum atomic E-state index is 12.6. The van der Waals surface area contributed by atoms with E-state index in [1.807, 2.05) is 0 Å². The maximum absolute atomic E-state index is 12.6. The van der Waals surface area contributed by atoms with E-state index in [1.54, 1.807) is 36.4 Å². The molecular formula is C23H23ClN2O6S. The van der Waals surface area contributed by atoms with Gasteiger partial charge in [-0.25, -0.2) is 8.42 Å². The van der Waals surface area contributed by atoms with Crippen LogP contribution in [0.15, 0.2) is 65.6 Å². The van der Waals surface area contributed by atoms with Crippen LogP contribution in [0.25, 0.3) is 0 Å². The van der Waals surface area contributed by atoms with Crippen LogP contribution in [0.1, 0.15) is 15.9 Å². The molecule has 0 aliphatic carbocycles. The molecule has 0 aromatic heterocycles. The smallest absolute Gasteiger partial charge is 0.261 e. The molecule has 0 saturated carbocycles. The zero-order chi connectivity index (χ0) is 24.0. The third-order valence-corrected chi connectivity index (χ3v) is 6.40. The molecule has 2 N–H and O–H groups in total. The molecule has 0 aliphatic heterocycles. The van der Waals surface area contributed by atoms with E-state index in [0.717, 1.165) is 0 Å². The van der Waals surface area contributed by atoms with Gasteiger partial charge in [0.25, 0.3) is 15.9 Å². The first-order valence-corrected chi connectivity index (χ1v) is 11.6. The van der Waals surface area contributed by atoms with Crippen LogP contribution in [0.3, 0.4) is 0 Å². The van der Waals surface area contributed by atoms with Crippen molar-refractivity contribution in [1.82, 2.24) is 5.32 Å². The molecule has 0 radical (unpaired) electrons. The van der Waals surface area contributed by atoms with Crippen LogP contribution < -0.4 is 24.2 Å². The molecule has 10 heteroatoms. The van der Waals surface area contributed by atoms with Gasteiger partial charge < -0.3 is 19.5 Å². The number of ether oxygens (including phenoxy) is 3. The Labute approximate surface area is 197 Å². The van der Waals surface area contributed by atoms with Crippen molar-refractivity contribution in [3.05, 3.63) is 76.8 Å². The summed E-state index contributed by atoms with van der Waals surface area (Å²) in [5.74, 6) is 1.17. The van der Waals surface area contributed by atoms with E-state index in [1.165, 1.54) is 45.6 Å². The predicted octanol–water partition coefficient (Wildman–Crippen LogP) is 4.10. The highest BCUT2D eigenvalue weighted by atomic mass is 35.5. The molecule has 1 amide bonds. The van der Waals surface area contributed by atoms with E-state index in [4.69, 9.17) is 25.8 Å². The molecule has 0 atom stereocenters. The minimum atomic E-state index is -3.81. The predicted molar refractivity (Wildman–Crippen MR) is 126 cm³/mol. The maximum Gasteiger partial charge on any atom is 0.261 e. The number of methoxy groups -OCH3 is 3. The van der Waals surface area contributed by atoms with Crippen molar-refractivity contribution >= 4 is 33.2 Å². The monoisotopic (exact) mass is 490 g/mol. The van der Waals surface area contributed by atoms with Crippen LogP contribution in [0.2, 0.25) is 5.02 Å². The van der Waals surface area contributed by atoms with E-state index in [0.29, 0.717) is 39.1 Å². The molecule has 3 aromatic rings. The van der Waals surface area contributed by atoms with Crippen LogP contribution in [-0.2, 0) is 16.6 Å². The molecule has 0 aliphatic rings. The molecule has 0 heterocycles. The molecule has 0 fully saturated rings. The van der Waals surface area contributed by atoms with Crippen LogP contribution in [0.5, 0.6) is 17.2 Å². The molecule has 3 rings (SSSR count). The van der Waals surface area contributed by atoms with Gasteiger partial charge in [-0.1, -0.05) is 11.6 Å². The first kappa shape index (κ1) is 24.2. The Morgan fingerprint density at radius 1 is 0.848 bits per heavy atom. The lowest BCUT2D eigenvalue weighted by atomic mass is 10.1. The lowest BCUT2D eigenvalue weighted by Crippen LogP contribution is -2.23. The lowest BCUT2D eigenvalue weighted by Gasteiger charge is -2.14. The number of sulfonamides is 1. The van der Waals surface area contributed by atoms with Gasteiger partial charge in [0, 0.05) is 34.4 Å². The number of hydrogen-bond donors (Lipinski definition) is 2. The highest BCUT2D eigenvalue weighted by Gasteiger charge is 2.16. The Bertz CT molecular complexity index is 1230. The highest BCUT2D eigenvalue weighted by molar-refractivity contribution is 7.92. The summed E-state index contributed by atoms with van der Waals surface area (Å²) in [6.07, 6.45) is 0. The second-order valence-corrected chi connectivity index (χ2v) is 8.96. The highest BCUT2D eigenvalue weighted by Crippen LogP contribution is 2.34. The fourth-order valence-electron chi connectivity index (χ4n) is 3.03. The van der Waals surface area contributed by atoms with Gasteiger partial charge in [-0.15, -0.1) is 0 Å². The minimum Gasteiger partial charge on any atom is -0.496 e. The van der Waals surface area contributed by atoms with Crippen molar-refractivity contribution in [2.45, 2.75) is 11.4 Å². The second-order valence-electron chi connectivity index (χ2n) is 6.84. The van der Waals surface area contributed by atoms with E-state index >= 15 is 0 Å². The summed E-state index contributed by atoms with van der Waals surface area (Å²) in [6.45, 7) is 0.167. The fraction of sp³-hybridized carbons (Fsp3) is 0.174. The van der Waals surface area contributed by atoms with Gasteiger partial charge in [0.15, 0.2) is 11.5 Å². The van der Waals surface area contributed by atoms with Crippen molar-refractivity contribution in [2.24, 2.45) is 0 Å². The molecule has 0 saturated heterocycles. The first-order chi connectivity index (χ1) is 15.8. The van der Waals surface area contributed by atoms with Crippen molar-refractivity contribution in [2.75, 3.05) is 26.1 Å². The summed E-state index contributed by atoms with van der Waals surface area (Å²) < 4.78 is 43.6. The van der Waals surface area contributed by atoms with Gasteiger partial charge in [0.1, 0.15) is 5.75 Å². The van der Waals surface area contributed by atoms with Gasteiger partial charge in [-0.3, -0.25) is 9.52 Å². The third kappa shape index (κ3) is 5.88. The number of amides is 1. The summed E-state index contributed by atoms with van der Waals surface area (Å²) in [5.41, 5.74) is 1.37. The van der Waals surface area contributed by atoms with Crippen LogP contribution >= 0.6 is 11.6 Å². The van der Waals surface area contributed by atoms with Crippen LogP contribution in [0, 0.1) is 0 Å². The zero-order valence-electron chi connectivity index (χ0n) is 18.2. The Morgan fingerprint density at radius 2 is 1.42 bits per heavy atom. The summed E-state index contributed by atoms with van der Waals surface area (Å²) in [6, 6.07) is 15.3. The molecular weight excluding hydrogens is 468 g/mol. The van der Waals surface area contributed by atoms with Gasteiger partial charge >= 0.3 is 0 Å². The van der Waals surface area contributed by atoms with Gasteiger partial charge in [0.2, 0.25) is 0 Å². The Morgan fingerprint density at radius 3 is 2.00 bits per heavy atom. The topological polar surface area (TPSA) is 103 Å². The number of carbonyl (C=O) groups is 1. The van der Waals surface area contributed by atoms with Crippen molar-refractivity contribution in [3.8, 4) is 17.2 Å². The summed E-state index contributed by atoms with van der Waals surface area (Å²) >= 11 is 5.82. The number of halogens is 1. The summed E-state index contributed by atoms with van der Waals surface area (Å²) in [5, 5.41) is 3.29. The molecule has 8 nitrogen and oxygen atoms in total. The molecule has 3 aromatic carbocycles. The second kappa shape index (κ2) is 10.5. The Hall–Kier alpha value is -3.43. The third-order valence-electron chi connectivity index (χ3n) is 4.75. The van der Waals surface area contributed by atoms with E-state index in [-0.39, 0.29) is 17.3 Å². The number of anilines is 1. The van der Waals surface area contributed by atoms with Crippen molar-refractivity contribution in [1.29, 1.82) is 0 Å². The quantitative estimate of drug-likeness (QED) is 0.468. The lowest BCUT2D eigenvalue weighted by molar-refractivity contribution is 0.0950. The van der Waals surface area contributed by atoms with Crippen LogP contribution in [-0.4, -0.2) is 35.7 Å². The normalized spacial score (nSPS) is 10.9. The number of carbonyl (C=O) groups excluding carboxylic acids is 1. The number of benzene rings is 3. The molecule has 0 spiro atoms. The van der Waals surface area contributed by atoms with Gasteiger partial charge in [-0.2, -0.15) is 0 Å². The Balaban J connectivity index is 1.70. The van der Waals surface area contributed by atoms with Crippen molar-refractivity contribution < 1.29 is 27.4 Å². The first-order valence-electron chi connectivity index (χ1n) is 9.73. The molecule has 33 heavy (non-hydrogen) atoms. The number of rotatable bonds is 9. The van der Waals surface area contributed by atoms with E-state index < -0.39 is 10.0 Å². The molecule has 174 valence electrons.